The van der Waals surface area contributed by atoms with Crippen LogP contribution in [-0.4, -0.2) is 48.0 Å². The Morgan fingerprint density at radius 1 is 1.22 bits per heavy atom. The average Bonchev–Trinajstić information content (AvgIpc) is 2.35. The van der Waals surface area contributed by atoms with Crippen molar-refractivity contribution in [3.63, 3.8) is 0 Å². The minimum atomic E-state index is -3.81. The Hall–Kier alpha value is -1.76. The molecule has 0 aliphatic rings. The Labute approximate surface area is 107 Å². The van der Waals surface area contributed by atoms with Crippen molar-refractivity contribution in [2.24, 2.45) is 4.40 Å². The molecule has 6 nitrogen and oxygen atoms in total. The zero-order valence-electron chi connectivity index (χ0n) is 10.7. The third-order valence-corrected chi connectivity index (χ3v) is 3.31. The van der Waals surface area contributed by atoms with E-state index in [0.29, 0.717) is 5.75 Å². The van der Waals surface area contributed by atoms with Gasteiger partial charge in [0.05, 0.1) is 14.2 Å². The average molecular weight is 272 g/mol. The van der Waals surface area contributed by atoms with Crippen LogP contribution >= 0.6 is 0 Å². The molecule has 1 aromatic carbocycles. The minimum Gasteiger partial charge on any atom is -0.497 e. The third kappa shape index (κ3) is 3.36. The van der Waals surface area contributed by atoms with E-state index in [1.807, 2.05) is 0 Å². The molecule has 0 unspecified atom stereocenters. The van der Waals surface area contributed by atoms with Crippen LogP contribution in [0, 0.1) is 0 Å². The maximum atomic E-state index is 12.0. The van der Waals surface area contributed by atoms with Crippen molar-refractivity contribution in [3.05, 3.63) is 18.2 Å². The lowest BCUT2D eigenvalue weighted by molar-refractivity contribution is 0.392. The molecule has 0 bridgehead atoms. The van der Waals surface area contributed by atoms with Crippen LogP contribution in [0.3, 0.4) is 0 Å². The summed E-state index contributed by atoms with van der Waals surface area (Å²) in [5.41, 5.74) is 0. The molecule has 0 aliphatic heterocycles. The number of sulfonamides is 1. The van der Waals surface area contributed by atoms with E-state index in [2.05, 4.69) is 4.40 Å². The molecule has 18 heavy (non-hydrogen) atoms. The van der Waals surface area contributed by atoms with E-state index in [0.717, 1.165) is 0 Å². The highest BCUT2D eigenvalue weighted by Gasteiger charge is 2.19. The first-order valence-corrected chi connectivity index (χ1v) is 6.53. The van der Waals surface area contributed by atoms with E-state index in [1.54, 1.807) is 20.2 Å². The summed E-state index contributed by atoms with van der Waals surface area (Å²) in [6, 6.07) is 4.52. The quantitative estimate of drug-likeness (QED) is 0.590. The lowest BCUT2D eigenvalue weighted by Crippen LogP contribution is -2.10. The van der Waals surface area contributed by atoms with Gasteiger partial charge in [0.25, 0.3) is 10.0 Å². The Bertz CT molecular complexity index is 538. The molecule has 0 amide bonds. The molecular formula is C11H16N2O4S. The normalized spacial score (nSPS) is 11.6. The summed E-state index contributed by atoms with van der Waals surface area (Å²) in [4.78, 5) is 1.51. The number of benzene rings is 1. The highest BCUT2D eigenvalue weighted by atomic mass is 32.2. The van der Waals surface area contributed by atoms with Crippen molar-refractivity contribution in [1.82, 2.24) is 4.90 Å². The predicted octanol–water partition coefficient (Wildman–Crippen LogP) is 0.982. The molecule has 0 atom stereocenters. The Balaban J connectivity index is 3.29. The van der Waals surface area contributed by atoms with Crippen LogP contribution in [0.5, 0.6) is 11.5 Å². The smallest absolute Gasteiger partial charge is 0.287 e. The van der Waals surface area contributed by atoms with Gasteiger partial charge in [0.2, 0.25) is 0 Å². The van der Waals surface area contributed by atoms with Crippen molar-refractivity contribution in [3.8, 4) is 11.5 Å². The van der Waals surface area contributed by atoms with Crippen LogP contribution in [0.2, 0.25) is 0 Å². The third-order valence-electron chi connectivity index (χ3n) is 2.07. The Morgan fingerprint density at radius 3 is 2.39 bits per heavy atom. The fourth-order valence-corrected chi connectivity index (χ4v) is 2.30. The van der Waals surface area contributed by atoms with Gasteiger partial charge in [0.15, 0.2) is 0 Å². The standard InChI is InChI=1S/C11H16N2O4S/c1-13(2)8-12-18(14,15)11-7-9(16-3)5-6-10(11)17-4/h5-8H,1-4H3/b12-8+. The van der Waals surface area contributed by atoms with E-state index in [4.69, 9.17) is 9.47 Å². The second-order valence-corrected chi connectivity index (χ2v) is 5.28. The largest absolute Gasteiger partial charge is 0.497 e. The van der Waals surface area contributed by atoms with Crippen molar-refractivity contribution >= 4 is 16.4 Å². The molecule has 0 heterocycles. The van der Waals surface area contributed by atoms with Crippen LogP contribution in [-0.2, 0) is 10.0 Å². The van der Waals surface area contributed by atoms with E-state index in [-0.39, 0.29) is 10.6 Å². The minimum absolute atomic E-state index is 0.0255. The topological polar surface area (TPSA) is 68.2 Å². The summed E-state index contributed by atoms with van der Waals surface area (Å²) < 4.78 is 37.6. The lowest BCUT2D eigenvalue weighted by atomic mass is 10.3. The maximum absolute atomic E-state index is 12.0. The maximum Gasteiger partial charge on any atom is 0.287 e. The van der Waals surface area contributed by atoms with Crippen LogP contribution in [0.1, 0.15) is 0 Å². The van der Waals surface area contributed by atoms with Gasteiger partial charge >= 0.3 is 0 Å². The summed E-state index contributed by atoms with van der Waals surface area (Å²) in [6.45, 7) is 0. The van der Waals surface area contributed by atoms with Gasteiger partial charge in [0.1, 0.15) is 22.7 Å². The van der Waals surface area contributed by atoms with Gasteiger partial charge in [-0.05, 0) is 12.1 Å². The van der Waals surface area contributed by atoms with E-state index in [9.17, 15) is 8.42 Å². The van der Waals surface area contributed by atoms with Gasteiger partial charge in [-0.25, -0.2) is 0 Å². The molecule has 100 valence electrons. The lowest BCUT2D eigenvalue weighted by Gasteiger charge is -2.09. The number of ether oxygens (including phenoxy) is 2. The number of hydrogen-bond donors (Lipinski definition) is 0. The van der Waals surface area contributed by atoms with Crippen molar-refractivity contribution in [2.75, 3.05) is 28.3 Å². The summed E-state index contributed by atoms with van der Waals surface area (Å²) >= 11 is 0. The summed E-state index contributed by atoms with van der Waals surface area (Å²) in [5.74, 6) is 0.654. The number of rotatable bonds is 5. The molecule has 0 fully saturated rings. The monoisotopic (exact) mass is 272 g/mol. The molecule has 0 saturated carbocycles. The molecule has 0 aliphatic carbocycles. The number of hydrogen-bond acceptors (Lipinski definition) is 4. The van der Waals surface area contributed by atoms with E-state index < -0.39 is 10.0 Å². The first-order chi connectivity index (χ1) is 8.40. The second kappa shape index (κ2) is 5.72. The molecule has 0 N–H and O–H groups in total. The van der Waals surface area contributed by atoms with Crippen molar-refractivity contribution < 1.29 is 17.9 Å². The van der Waals surface area contributed by atoms with Crippen LogP contribution < -0.4 is 9.47 Å². The SMILES string of the molecule is COc1ccc(OC)c(S(=O)(=O)/N=C/N(C)C)c1. The molecule has 1 rings (SSSR count). The van der Waals surface area contributed by atoms with Crippen LogP contribution in [0.15, 0.2) is 27.5 Å². The van der Waals surface area contributed by atoms with Gasteiger partial charge in [-0.15, -0.1) is 4.40 Å². The van der Waals surface area contributed by atoms with Gasteiger partial charge in [-0.3, -0.25) is 0 Å². The van der Waals surface area contributed by atoms with Gasteiger partial charge in [-0.2, -0.15) is 8.42 Å². The summed E-state index contributed by atoms with van der Waals surface area (Å²) in [6.07, 6.45) is 1.22. The highest BCUT2D eigenvalue weighted by molar-refractivity contribution is 7.90. The fraction of sp³-hybridized carbons (Fsp3) is 0.364. The van der Waals surface area contributed by atoms with Crippen molar-refractivity contribution in [1.29, 1.82) is 0 Å². The number of methoxy groups -OCH3 is 2. The fourth-order valence-electron chi connectivity index (χ4n) is 1.20. The molecular weight excluding hydrogens is 256 g/mol. The van der Waals surface area contributed by atoms with Gasteiger partial charge in [-0.1, -0.05) is 0 Å². The van der Waals surface area contributed by atoms with Crippen LogP contribution in [0.4, 0.5) is 0 Å². The molecule has 0 radical (unpaired) electrons. The van der Waals surface area contributed by atoms with E-state index in [1.165, 1.54) is 37.6 Å². The first-order valence-electron chi connectivity index (χ1n) is 5.09. The zero-order chi connectivity index (χ0) is 13.8. The second-order valence-electron chi connectivity index (χ2n) is 3.68. The number of nitrogens with zero attached hydrogens (tertiary/aromatic N) is 2. The molecule has 0 spiro atoms. The van der Waals surface area contributed by atoms with Gasteiger partial charge < -0.3 is 14.4 Å². The molecule has 7 heteroatoms. The summed E-state index contributed by atoms with van der Waals surface area (Å²) in [5, 5.41) is 0. The molecule has 0 aromatic heterocycles. The van der Waals surface area contributed by atoms with Crippen LogP contribution in [0.25, 0.3) is 0 Å². The zero-order valence-corrected chi connectivity index (χ0v) is 11.6. The van der Waals surface area contributed by atoms with Gasteiger partial charge in [0, 0.05) is 20.2 Å². The first kappa shape index (κ1) is 14.3. The Morgan fingerprint density at radius 2 is 1.89 bits per heavy atom. The van der Waals surface area contributed by atoms with Crippen molar-refractivity contribution in [2.45, 2.75) is 4.90 Å². The van der Waals surface area contributed by atoms with E-state index >= 15 is 0 Å². The summed E-state index contributed by atoms with van der Waals surface area (Å²) in [7, 11) is 2.42. The Kier molecular flexibility index (Phi) is 4.55. The highest BCUT2D eigenvalue weighted by Crippen LogP contribution is 2.29. The molecule has 0 saturated heterocycles. The molecule has 1 aromatic rings. The predicted molar refractivity (Wildman–Crippen MR) is 68.9 cm³/mol.